The topological polar surface area (TPSA) is 95.5 Å². The number of alkyl halides is 3. The summed E-state index contributed by atoms with van der Waals surface area (Å²) in [4.78, 5) is 10.4. The van der Waals surface area contributed by atoms with Crippen molar-refractivity contribution in [1.82, 2.24) is 9.44 Å². The molecule has 0 rings (SSSR count). The molecule has 20 heavy (non-hydrogen) atoms. The molecule has 3 N–H and O–H groups in total. The molecule has 0 bridgehead atoms. The van der Waals surface area contributed by atoms with Gasteiger partial charge in [-0.25, -0.2) is 4.72 Å². The minimum atomic E-state index is -4.61. The Morgan fingerprint density at radius 2 is 1.85 bits per heavy atom. The van der Waals surface area contributed by atoms with Crippen molar-refractivity contribution in [2.45, 2.75) is 38.8 Å². The van der Waals surface area contributed by atoms with Crippen LogP contribution in [0.1, 0.15) is 32.6 Å². The molecule has 1 unspecified atom stereocenters. The molecule has 1 atom stereocenters. The van der Waals surface area contributed by atoms with Crippen molar-refractivity contribution in [3.05, 3.63) is 0 Å². The summed E-state index contributed by atoms with van der Waals surface area (Å²) in [5, 5.41) is 8.53. The summed E-state index contributed by atoms with van der Waals surface area (Å²) in [5.41, 5.74) is 0. The van der Waals surface area contributed by atoms with Crippen LogP contribution in [-0.2, 0) is 15.0 Å². The second-order valence-corrected chi connectivity index (χ2v) is 5.91. The molecule has 0 heterocycles. The lowest BCUT2D eigenvalue weighted by Crippen LogP contribution is -2.42. The van der Waals surface area contributed by atoms with E-state index in [2.05, 4.69) is 0 Å². The fourth-order valence-corrected chi connectivity index (χ4v) is 2.35. The van der Waals surface area contributed by atoms with Crippen LogP contribution in [0.25, 0.3) is 0 Å². The van der Waals surface area contributed by atoms with E-state index in [1.165, 1.54) is 4.72 Å². The van der Waals surface area contributed by atoms with E-state index in [-0.39, 0.29) is 18.9 Å². The van der Waals surface area contributed by atoms with Gasteiger partial charge in [-0.3, -0.25) is 4.79 Å². The van der Waals surface area contributed by atoms with Crippen LogP contribution in [0.2, 0.25) is 0 Å². The van der Waals surface area contributed by atoms with Crippen LogP contribution in [0.15, 0.2) is 0 Å². The Labute approximate surface area is 115 Å². The molecule has 0 aliphatic rings. The molecule has 0 aromatic rings. The molecule has 0 aliphatic carbocycles. The first-order chi connectivity index (χ1) is 9.06. The standard InChI is InChI=1S/C10H19F3N2O4S/c1-2-8(3-4-9(16)17)5-6-14-20(18,19)15-7-10(11,12)13/h8,14-15H,2-7H2,1H3,(H,16,17). The number of hydrogen-bond donors (Lipinski definition) is 3. The van der Waals surface area contributed by atoms with Crippen LogP contribution in [0, 0.1) is 5.92 Å². The minimum absolute atomic E-state index is 0.0106. The van der Waals surface area contributed by atoms with Gasteiger partial charge in [0.25, 0.3) is 10.2 Å². The van der Waals surface area contributed by atoms with E-state index in [4.69, 9.17) is 5.11 Å². The van der Waals surface area contributed by atoms with Gasteiger partial charge in [0.2, 0.25) is 0 Å². The Kier molecular flexibility index (Phi) is 8.06. The average molecular weight is 320 g/mol. The van der Waals surface area contributed by atoms with Gasteiger partial charge in [0.15, 0.2) is 0 Å². The van der Waals surface area contributed by atoms with Crippen molar-refractivity contribution in [3.8, 4) is 0 Å². The van der Waals surface area contributed by atoms with Crippen LogP contribution in [0.5, 0.6) is 0 Å². The second kappa shape index (κ2) is 8.42. The van der Waals surface area contributed by atoms with Crippen molar-refractivity contribution >= 4 is 16.2 Å². The molecule has 0 saturated heterocycles. The number of carboxylic acid groups (broad SMARTS) is 1. The van der Waals surface area contributed by atoms with E-state index < -0.39 is 28.9 Å². The zero-order valence-electron chi connectivity index (χ0n) is 11.0. The molecule has 6 nitrogen and oxygen atoms in total. The van der Waals surface area contributed by atoms with Gasteiger partial charge in [0.05, 0.1) is 0 Å². The Bertz CT molecular complexity index is 398. The number of rotatable bonds is 10. The average Bonchev–Trinajstić information content (AvgIpc) is 2.30. The first-order valence-electron chi connectivity index (χ1n) is 6.08. The molecule has 0 spiro atoms. The highest BCUT2D eigenvalue weighted by Gasteiger charge is 2.29. The fraction of sp³-hybridized carbons (Fsp3) is 0.900. The predicted molar refractivity (Wildman–Crippen MR) is 66.2 cm³/mol. The Morgan fingerprint density at radius 3 is 2.30 bits per heavy atom. The molecule has 10 heteroatoms. The Balaban J connectivity index is 4.04. The summed E-state index contributed by atoms with van der Waals surface area (Å²) >= 11 is 0. The van der Waals surface area contributed by atoms with E-state index in [0.717, 1.165) is 0 Å². The third-order valence-electron chi connectivity index (χ3n) is 2.65. The van der Waals surface area contributed by atoms with Crippen molar-refractivity contribution in [2.75, 3.05) is 13.1 Å². The zero-order valence-corrected chi connectivity index (χ0v) is 11.9. The summed E-state index contributed by atoms with van der Waals surface area (Å²) in [5.74, 6) is -0.924. The summed E-state index contributed by atoms with van der Waals surface area (Å²) < 4.78 is 61.3. The Hall–Kier alpha value is -0.870. The van der Waals surface area contributed by atoms with Crippen LogP contribution < -0.4 is 9.44 Å². The molecule has 0 fully saturated rings. The van der Waals surface area contributed by atoms with Crippen molar-refractivity contribution < 1.29 is 31.5 Å². The highest BCUT2D eigenvalue weighted by atomic mass is 32.2. The summed E-state index contributed by atoms with van der Waals surface area (Å²) in [6.07, 6.45) is -3.18. The van der Waals surface area contributed by atoms with Crippen LogP contribution >= 0.6 is 0 Å². The second-order valence-electron chi connectivity index (χ2n) is 4.33. The monoisotopic (exact) mass is 320 g/mol. The maximum Gasteiger partial charge on any atom is 0.402 e. The van der Waals surface area contributed by atoms with E-state index in [9.17, 15) is 26.4 Å². The first-order valence-corrected chi connectivity index (χ1v) is 7.57. The van der Waals surface area contributed by atoms with Crippen molar-refractivity contribution in [3.63, 3.8) is 0 Å². The van der Waals surface area contributed by atoms with Crippen molar-refractivity contribution in [2.24, 2.45) is 5.92 Å². The minimum Gasteiger partial charge on any atom is -0.481 e. The van der Waals surface area contributed by atoms with Gasteiger partial charge in [-0.1, -0.05) is 13.3 Å². The quantitative estimate of drug-likeness (QED) is 0.564. The number of aliphatic carboxylic acids is 1. The number of carboxylic acids is 1. The predicted octanol–water partition coefficient (Wildman–Crippen LogP) is 1.25. The molecule has 0 aliphatic heterocycles. The van der Waals surface area contributed by atoms with Gasteiger partial charge < -0.3 is 5.11 Å². The van der Waals surface area contributed by atoms with Crippen LogP contribution in [-0.4, -0.2) is 38.8 Å². The van der Waals surface area contributed by atoms with Gasteiger partial charge >= 0.3 is 12.1 Å². The van der Waals surface area contributed by atoms with Crippen LogP contribution in [0.4, 0.5) is 13.2 Å². The molecule has 0 aromatic heterocycles. The third kappa shape index (κ3) is 11.0. The summed E-state index contributed by atoms with van der Waals surface area (Å²) in [6, 6.07) is 0. The highest BCUT2D eigenvalue weighted by Crippen LogP contribution is 2.15. The van der Waals surface area contributed by atoms with Crippen molar-refractivity contribution in [1.29, 1.82) is 0 Å². The smallest absolute Gasteiger partial charge is 0.402 e. The lowest BCUT2D eigenvalue weighted by Gasteiger charge is -2.14. The maximum atomic E-state index is 11.9. The van der Waals surface area contributed by atoms with E-state index in [1.54, 1.807) is 0 Å². The molecule has 0 amide bonds. The number of hydrogen-bond acceptors (Lipinski definition) is 3. The van der Waals surface area contributed by atoms with Gasteiger partial charge in [0, 0.05) is 13.0 Å². The largest absolute Gasteiger partial charge is 0.481 e. The van der Waals surface area contributed by atoms with Gasteiger partial charge in [-0.2, -0.15) is 26.3 Å². The third-order valence-corrected chi connectivity index (χ3v) is 3.76. The van der Waals surface area contributed by atoms with Gasteiger partial charge in [-0.15, -0.1) is 0 Å². The maximum absolute atomic E-state index is 11.9. The first kappa shape index (κ1) is 19.1. The van der Waals surface area contributed by atoms with E-state index >= 15 is 0 Å². The number of carbonyl (C=O) groups is 1. The fourth-order valence-electron chi connectivity index (χ4n) is 1.51. The van der Waals surface area contributed by atoms with Gasteiger partial charge in [-0.05, 0) is 18.8 Å². The molecular formula is C10H19F3N2O4S. The van der Waals surface area contributed by atoms with E-state index in [1.807, 2.05) is 11.6 Å². The normalized spacial score (nSPS) is 14.2. The molecule has 0 radical (unpaired) electrons. The zero-order chi connectivity index (χ0) is 15.8. The molecule has 0 saturated carbocycles. The highest BCUT2D eigenvalue weighted by molar-refractivity contribution is 7.87. The summed E-state index contributed by atoms with van der Waals surface area (Å²) in [7, 11) is -4.19. The van der Waals surface area contributed by atoms with E-state index in [0.29, 0.717) is 19.3 Å². The molecule has 120 valence electrons. The van der Waals surface area contributed by atoms with Crippen LogP contribution in [0.3, 0.4) is 0 Å². The number of nitrogens with one attached hydrogen (secondary N) is 2. The summed E-state index contributed by atoms with van der Waals surface area (Å²) in [6.45, 7) is 0.173. The molecular weight excluding hydrogens is 301 g/mol. The Morgan fingerprint density at radius 1 is 1.25 bits per heavy atom. The molecule has 0 aromatic carbocycles. The number of halogens is 3. The SMILES string of the molecule is CCC(CCNS(=O)(=O)NCC(F)(F)F)CCC(=O)O. The van der Waals surface area contributed by atoms with Gasteiger partial charge in [0.1, 0.15) is 6.54 Å². The lowest BCUT2D eigenvalue weighted by molar-refractivity contribution is -0.137. The lowest BCUT2D eigenvalue weighted by atomic mass is 9.97.